The Morgan fingerprint density at radius 2 is 0.935 bits per heavy atom. The number of carbonyl (C=O) groups is 1. The molecule has 5 rings (SSSR count). The van der Waals surface area contributed by atoms with Gasteiger partial charge in [0.15, 0.2) is 0 Å². The first-order chi connectivity index (χ1) is 21.8. The smallest absolute Gasteiger partial charge is 0.344 e. The molecule has 0 unspecified atom stereocenters. The standard InChI is InChI=1S/C40H40N2O4/c1-39(2,3)31-16-8-27(9-17-31)29-12-20-33(21-13-29)41(35-24-25-37(42(44)45)36(26-35)38(43)46-7)34-22-14-30(15-23-34)28-10-18-32(19-11-28)40(4,5)6/h8-26H,1-7H3. The highest BCUT2D eigenvalue weighted by Gasteiger charge is 2.24. The van der Waals surface area contributed by atoms with Crippen molar-refractivity contribution in [1.29, 1.82) is 0 Å². The Morgan fingerprint density at radius 3 is 1.26 bits per heavy atom. The Labute approximate surface area is 271 Å². The summed E-state index contributed by atoms with van der Waals surface area (Å²) in [5.41, 5.74) is 8.88. The summed E-state index contributed by atoms with van der Waals surface area (Å²) in [5, 5.41) is 11.7. The zero-order chi connectivity index (χ0) is 33.2. The number of nitro groups is 1. The van der Waals surface area contributed by atoms with Crippen molar-refractivity contribution in [3.8, 4) is 22.3 Å². The minimum Gasteiger partial charge on any atom is -0.465 e. The van der Waals surface area contributed by atoms with E-state index < -0.39 is 10.9 Å². The molecule has 6 heteroatoms. The van der Waals surface area contributed by atoms with Crippen molar-refractivity contribution in [3.63, 3.8) is 0 Å². The number of methoxy groups -OCH3 is 1. The number of benzene rings is 5. The van der Waals surface area contributed by atoms with Crippen LogP contribution in [-0.4, -0.2) is 18.0 Å². The van der Waals surface area contributed by atoms with Crippen LogP contribution >= 0.6 is 0 Å². The molecule has 0 saturated heterocycles. The topological polar surface area (TPSA) is 72.7 Å². The van der Waals surface area contributed by atoms with Crippen LogP contribution in [0.25, 0.3) is 22.3 Å². The van der Waals surface area contributed by atoms with Crippen LogP contribution in [0.4, 0.5) is 22.7 Å². The summed E-state index contributed by atoms with van der Waals surface area (Å²) in [6, 6.07) is 38.1. The second kappa shape index (κ2) is 12.6. The third-order valence-electron chi connectivity index (χ3n) is 8.26. The van der Waals surface area contributed by atoms with Gasteiger partial charge in [-0.3, -0.25) is 10.1 Å². The summed E-state index contributed by atoms with van der Waals surface area (Å²) >= 11 is 0. The molecule has 5 aromatic rings. The van der Waals surface area contributed by atoms with Crippen molar-refractivity contribution in [2.75, 3.05) is 12.0 Å². The van der Waals surface area contributed by atoms with E-state index in [4.69, 9.17) is 4.74 Å². The van der Waals surface area contributed by atoms with E-state index in [1.807, 2.05) is 29.2 Å². The Bertz CT molecular complexity index is 1740. The van der Waals surface area contributed by atoms with E-state index in [1.54, 1.807) is 6.07 Å². The highest BCUT2D eigenvalue weighted by atomic mass is 16.6. The Balaban J connectivity index is 1.56. The molecule has 0 atom stereocenters. The van der Waals surface area contributed by atoms with E-state index in [0.717, 1.165) is 33.6 Å². The fraction of sp³-hybridized carbons (Fsp3) is 0.225. The number of nitro benzene ring substituents is 1. The van der Waals surface area contributed by atoms with Gasteiger partial charge in [-0.25, -0.2) is 4.79 Å². The molecular formula is C40H40N2O4. The number of nitrogens with zero attached hydrogens (tertiary/aromatic N) is 2. The maximum absolute atomic E-state index is 12.6. The molecule has 0 aliphatic heterocycles. The monoisotopic (exact) mass is 612 g/mol. The van der Waals surface area contributed by atoms with E-state index in [1.165, 1.54) is 30.4 Å². The van der Waals surface area contributed by atoms with Crippen LogP contribution in [0.2, 0.25) is 0 Å². The fourth-order valence-corrected chi connectivity index (χ4v) is 5.47. The molecule has 0 N–H and O–H groups in total. The van der Waals surface area contributed by atoms with Gasteiger partial charge in [-0.1, -0.05) is 114 Å². The molecule has 0 bridgehead atoms. The van der Waals surface area contributed by atoms with Gasteiger partial charge in [-0.05, 0) is 80.6 Å². The average Bonchev–Trinajstić information content (AvgIpc) is 3.04. The van der Waals surface area contributed by atoms with E-state index in [9.17, 15) is 14.9 Å². The van der Waals surface area contributed by atoms with Crippen molar-refractivity contribution in [1.82, 2.24) is 0 Å². The molecule has 0 heterocycles. The van der Waals surface area contributed by atoms with Crippen molar-refractivity contribution < 1.29 is 14.5 Å². The molecule has 0 radical (unpaired) electrons. The number of hydrogen-bond acceptors (Lipinski definition) is 5. The fourth-order valence-electron chi connectivity index (χ4n) is 5.47. The third kappa shape index (κ3) is 6.86. The number of esters is 1. The Morgan fingerprint density at radius 1 is 0.587 bits per heavy atom. The molecule has 0 aliphatic carbocycles. The van der Waals surface area contributed by atoms with Gasteiger partial charge in [-0.15, -0.1) is 0 Å². The van der Waals surface area contributed by atoms with Crippen molar-refractivity contribution in [3.05, 3.63) is 142 Å². The molecule has 5 aromatic carbocycles. The SMILES string of the molecule is COC(=O)c1cc(N(c2ccc(-c3ccc(C(C)(C)C)cc3)cc2)c2ccc(-c3ccc(C(C)(C)C)cc3)cc2)ccc1[N+](=O)[O-]. The van der Waals surface area contributed by atoms with Gasteiger partial charge in [0.1, 0.15) is 5.56 Å². The summed E-state index contributed by atoms with van der Waals surface area (Å²) in [6.45, 7) is 13.2. The number of anilines is 3. The van der Waals surface area contributed by atoms with Crippen LogP contribution in [0, 0.1) is 10.1 Å². The van der Waals surface area contributed by atoms with Crippen LogP contribution in [0.3, 0.4) is 0 Å². The van der Waals surface area contributed by atoms with Crippen molar-refractivity contribution in [2.24, 2.45) is 0 Å². The summed E-state index contributed by atoms with van der Waals surface area (Å²) in [5.74, 6) is -0.767. The molecule has 6 nitrogen and oxygen atoms in total. The molecule has 0 amide bonds. The van der Waals surface area contributed by atoms with Gasteiger partial charge < -0.3 is 9.64 Å². The van der Waals surface area contributed by atoms with Gasteiger partial charge in [-0.2, -0.15) is 0 Å². The van der Waals surface area contributed by atoms with Gasteiger partial charge in [0.05, 0.1) is 12.0 Å². The zero-order valence-corrected chi connectivity index (χ0v) is 27.5. The molecule has 234 valence electrons. The highest BCUT2D eigenvalue weighted by molar-refractivity contribution is 5.96. The second-order valence-electron chi connectivity index (χ2n) is 13.5. The highest BCUT2D eigenvalue weighted by Crippen LogP contribution is 2.39. The number of ether oxygens (including phenoxy) is 1. The van der Waals surface area contributed by atoms with Crippen LogP contribution in [0.5, 0.6) is 0 Å². The Hall–Kier alpha value is -5.23. The van der Waals surface area contributed by atoms with Crippen LogP contribution < -0.4 is 4.90 Å². The molecule has 0 fully saturated rings. The predicted octanol–water partition coefficient (Wildman–Crippen LogP) is 10.8. The second-order valence-corrected chi connectivity index (χ2v) is 13.5. The number of hydrogen-bond donors (Lipinski definition) is 0. The van der Waals surface area contributed by atoms with Gasteiger partial charge in [0.2, 0.25) is 0 Å². The van der Waals surface area contributed by atoms with Gasteiger partial charge in [0.25, 0.3) is 5.69 Å². The minimum absolute atomic E-state index is 0.0716. The van der Waals surface area contributed by atoms with Crippen LogP contribution in [0.15, 0.2) is 115 Å². The van der Waals surface area contributed by atoms with Crippen LogP contribution in [0.1, 0.15) is 63.0 Å². The van der Waals surface area contributed by atoms with Crippen LogP contribution in [-0.2, 0) is 15.6 Å². The molecule has 0 aromatic heterocycles. The summed E-state index contributed by atoms with van der Waals surface area (Å²) in [6.07, 6.45) is 0. The lowest BCUT2D eigenvalue weighted by Gasteiger charge is -2.26. The van der Waals surface area contributed by atoms with E-state index in [2.05, 4.69) is 114 Å². The lowest BCUT2D eigenvalue weighted by atomic mass is 9.86. The van der Waals surface area contributed by atoms with Gasteiger partial charge >= 0.3 is 5.97 Å². The average molecular weight is 613 g/mol. The summed E-state index contributed by atoms with van der Waals surface area (Å²) in [7, 11) is 1.22. The van der Waals surface area contributed by atoms with E-state index in [0.29, 0.717) is 5.69 Å². The molecular weight excluding hydrogens is 572 g/mol. The Kier molecular flexibility index (Phi) is 8.84. The van der Waals surface area contributed by atoms with Crippen molar-refractivity contribution in [2.45, 2.75) is 52.4 Å². The first-order valence-corrected chi connectivity index (χ1v) is 15.3. The summed E-state index contributed by atoms with van der Waals surface area (Å²) in [4.78, 5) is 25.8. The van der Waals surface area contributed by atoms with E-state index >= 15 is 0 Å². The first kappa shape index (κ1) is 32.2. The molecule has 0 saturated carbocycles. The maximum Gasteiger partial charge on any atom is 0.344 e. The molecule has 46 heavy (non-hydrogen) atoms. The lowest BCUT2D eigenvalue weighted by Crippen LogP contribution is -2.12. The largest absolute Gasteiger partial charge is 0.465 e. The third-order valence-corrected chi connectivity index (χ3v) is 8.26. The van der Waals surface area contributed by atoms with E-state index in [-0.39, 0.29) is 22.1 Å². The van der Waals surface area contributed by atoms with Crippen molar-refractivity contribution >= 4 is 28.7 Å². The predicted molar refractivity (Wildman–Crippen MR) is 187 cm³/mol. The normalized spacial score (nSPS) is 11.6. The van der Waals surface area contributed by atoms with Gasteiger partial charge in [0, 0.05) is 23.1 Å². The quantitative estimate of drug-likeness (QED) is 0.104. The minimum atomic E-state index is -0.767. The number of rotatable bonds is 7. The maximum atomic E-state index is 12.6. The molecule has 0 spiro atoms. The lowest BCUT2D eigenvalue weighted by molar-refractivity contribution is -0.385. The summed E-state index contributed by atoms with van der Waals surface area (Å²) < 4.78 is 4.90. The molecule has 0 aliphatic rings. The first-order valence-electron chi connectivity index (χ1n) is 15.3. The number of carbonyl (C=O) groups excluding carboxylic acids is 1. The zero-order valence-electron chi connectivity index (χ0n) is 27.5.